The molecule has 0 unspecified atom stereocenters. The Morgan fingerprint density at radius 3 is 1.55 bits per heavy atom. The molecule has 42 heavy (non-hydrogen) atoms. The van der Waals surface area contributed by atoms with E-state index in [1.807, 2.05) is 36.4 Å². The molecule has 0 spiro atoms. The number of hydrogen-bond donors (Lipinski definition) is 2. The van der Waals surface area contributed by atoms with E-state index in [-0.39, 0.29) is 11.5 Å². The van der Waals surface area contributed by atoms with Gasteiger partial charge in [0.15, 0.2) is 0 Å². The van der Waals surface area contributed by atoms with Crippen LogP contribution in [0.3, 0.4) is 0 Å². The van der Waals surface area contributed by atoms with Crippen LogP contribution in [0.5, 0.6) is 11.5 Å². The standard InChI is InChI=1S/C33H44N6O3/c1-36-14-5-15-37(2)17-19-39(25-29-13-11-27-7-4-9-31(41)33(27)35-29)21-23-42-22-20-38(18-16-36)24-28-12-10-26-6-3-8-30(40)32(26)34-28/h3-4,6-13,40-41H,5,14-25H2,1-2H3. The maximum atomic E-state index is 10.3. The van der Waals surface area contributed by atoms with Gasteiger partial charge in [-0.1, -0.05) is 36.4 Å². The average molecular weight is 573 g/mol. The molecule has 4 aromatic rings. The lowest BCUT2D eigenvalue weighted by Gasteiger charge is -2.28. The lowest BCUT2D eigenvalue weighted by molar-refractivity contribution is 0.0727. The van der Waals surface area contributed by atoms with Gasteiger partial charge in [0, 0.05) is 63.1 Å². The molecule has 1 aliphatic rings. The number of nitrogens with zero attached hydrogens (tertiary/aromatic N) is 6. The van der Waals surface area contributed by atoms with Gasteiger partial charge in [0.1, 0.15) is 22.5 Å². The number of aromatic nitrogens is 2. The van der Waals surface area contributed by atoms with Gasteiger partial charge in [-0.05, 0) is 57.9 Å². The minimum absolute atomic E-state index is 0.218. The Morgan fingerprint density at radius 2 is 1.07 bits per heavy atom. The van der Waals surface area contributed by atoms with E-state index in [1.54, 1.807) is 12.1 Å². The molecule has 0 aliphatic carbocycles. The third-order valence-electron chi connectivity index (χ3n) is 8.06. The molecule has 2 aromatic heterocycles. The molecular formula is C33H44N6O3. The molecule has 2 N–H and O–H groups in total. The quantitative estimate of drug-likeness (QED) is 0.379. The Labute approximate surface area is 249 Å². The molecule has 0 saturated carbocycles. The number of pyridine rings is 2. The van der Waals surface area contributed by atoms with Crippen LogP contribution in [0, 0.1) is 0 Å². The predicted molar refractivity (Wildman–Crippen MR) is 168 cm³/mol. The van der Waals surface area contributed by atoms with Gasteiger partial charge >= 0.3 is 0 Å². The topological polar surface area (TPSA) is 88.4 Å². The highest BCUT2D eigenvalue weighted by Gasteiger charge is 2.14. The fourth-order valence-corrected chi connectivity index (χ4v) is 5.47. The zero-order valence-corrected chi connectivity index (χ0v) is 25.0. The van der Waals surface area contributed by atoms with E-state index in [9.17, 15) is 10.2 Å². The highest BCUT2D eigenvalue weighted by atomic mass is 16.5. The van der Waals surface area contributed by atoms with Crippen LogP contribution in [0.25, 0.3) is 21.8 Å². The van der Waals surface area contributed by atoms with Crippen LogP contribution in [0.2, 0.25) is 0 Å². The van der Waals surface area contributed by atoms with E-state index in [0.29, 0.717) is 37.3 Å². The summed E-state index contributed by atoms with van der Waals surface area (Å²) in [6, 6.07) is 19.2. The van der Waals surface area contributed by atoms with Crippen LogP contribution >= 0.6 is 0 Å². The number of fused-ring (bicyclic) bond motifs is 2. The summed E-state index contributed by atoms with van der Waals surface area (Å²) in [7, 11) is 4.39. The van der Waals surface area contributed by atoms with Gasteiger partial charge in [0.25, 0.3) is 0 Å². The first-order valence-electron chi connectivity index (χ1n) is 15.0. The molecule has 0 amide bonds. The zero-order valence-electron chi connectivity index (χ0n) is 25.0. The highest BCUT2D eigenvalue weighted by molar-refractivity contribution is 5.84. The average Bonchev–Trinajstić information content (AvgIpc) is 2.98. The van der Waals surface area contributed by atoms with Gasteiger partial charge in [0.05, 0.1) is 24.6 Å². The van der Waals surface area contributed by atoms with Crippen molar-refractivity contribution in [2.45, 2.75) is 19.5 Å². The number of rotatable bonds is 4. The van der Waals surface area contributed by atoms with Crippen molar-refractivity contribution in [3.05, 3.63) is 72.1 Å². The van der Waals surface area contributed by atoms with Gasteiger partial charge in [-0.2, -0.15) is 0 Å². The Bertz CT molecular complexity index is 1340. The van der Waals surface area contributed by atoms with Crippen molar-refractivity contribution >= 4 is 21.8 Å². The maximum Gasteiger partial charge on any atom is 0.141 e. The number of phenols is 2. The smallest absolute Gasteiger partial charge is 0.141 e. The van der Waals surface area contributed by atoms with Crippen molar-refractivity contribution < 1.29 is 14.9 Å². The Hall–Kier alpha value is -3.34. The van der Waals surface area contributed by atoms with Crippen molar-refractivity contribution in [3.8, 4) is 11.5 Å². The fourth-order valence-electron chi connectivity index (χ4n) is 5.47. The second-order valence-electron chi connectivity index (χ2n) is 11.4. The largest absolute Gasteiger partial charge is 0.506 e. The van der Waals surface area contributed by atoms with E-state index in [0.717, 1.165) is 80.9 Å². The summed E-state index contributed by atoms with van der Waals surface area (Å²) in [6.07, 6.45) is 1.12. The van der Waals surface area contributed by atoms with E-state index in [2.05, 4.69) is 45.8 Å². The van der Waals surface area contributed by atoms with E-state index < -0.39 is 0 Å². The SMILES string of the molecule is CN1CCCN(C)CCN(Cc2ccc3cccc(O)c3n2)CCOCCN(Cc2ccc3cccc(O)c3n2)CC1. The van der Waals surface area contributed by atoms with Crippen molar-refractivity contribution in [1.29, 1.82) is 0 Å². The van der Waals surface area contributed by atoms with E-state index >= 15 is 0 Å². The maximum absolute atomic E-state index is 10.3. The van der Waals surface area contributed by atoms with Crippen LogP contribution in [0.4, 0.5) is 0 Å². The normalized spacial score (nSPS) is 18.5. The second-order valence-corrected chi connectivity index (χ2v) is 11.4. The third-order valence-corrected chi connectivity index (χ3v) is 8.06. The first-order chi connectivity index (χ1) is 20.4. The molecule has 5 rings (SSSR count). The van der Waals surface area contributed by atoms with Gasteiger partial charge in [0.2, 0.25) is 0 Å². The molecule has 2 aromatic carbocycles. The van der Waals surface area contributed by atoms with Crippen LogP contribution < -0.4 is 0 Å². The summed E-state index contributed by atoms with van der Waals surface area (Å²) in [5, 5.41) is 22.5. The Balaban J connectivity index is 1.23. The van der Waals surface area contributed by atoms with Crippen LogP contribution in [0.1, 0.15) is 17.8 Å². The summed E-state index contributed by atoms with van der Waals surface area (Å²) in [4.78, 5) is 19.1. The summed E-state index contributed by atoms with van der Waals surface area (Å²) >= 11 is 0. The zero-order chi connectivity index (χ0) is 29.3. The first-order valence-corrected chi connectivity index (χ1v) is 15.0. The Kier molecular flexibility index (Phi) is 10.6. The summed E-state index contributed by atoms with van der Waals surface area (Å²) < 4.78 is 6.17. The fraction of sp³-hybridized carbons (Fsp3) is 0.455. The summed E-state index contributed by atoms with van der Waals surface area (Å²) in [6.45, 7) is 10.2. The third kappa shape index (κ3) is 8.36. The minimum atomic E-state index is 0.218. The number of phenolic OH excluding ortho intramolecular Hbond substituents is 2. The second kappa shape index (κ2) is 14.7. The van der Waals surface area contributed by atoms with Crippen LogP contribution in [0.15, 0.2) is 60.7 Å². The van der Waals surface area contributed by atoms with Gasteiger partial charge in [-0.3, -0.25) is 9.80 Å². The van der Waals surface area contributed by atoms with Crippen molar-refractivity contribution in [2.24, 2.45) is 0 Å². The molecule has 0 radical (unpaired) electrons. The van der Waals surface area contributed by atoms with Crippen LogP contribution in [-0.2, 0) is 17.8 Å². The number of para-hydroxylation sites is 2. The number of ether oxygens (including phenoxy) is 1. The number of hydrogen-bond acceptors (Lipinski definition) is 9. The van der Waals surface area contributed by atoms with Gasteiger partial charge in [-0.15, -0.1) is 0 Å². The van der Waals surface area contributed by atoms with E-state index in [4.69, 9.17) is 14.7 Å². The molecular weight excluding hydrogens is 528 g/mol. The molecule has 1 aliphatic heterocycles. The Morgan fingerprint density at radius 1 is 0.595 bits per heavy atom. The van der Waals surface area contributed by atoms with Crippen LogP contribution in [-0.4, -0.2) is 119 Å². The predicted octanol–water partition coefficient (Wildman–Crippen LogP) is 3.78. The first kappa shape index (κ1) is 30.1. The van der Waals surface area contributed by atoms with Gasteiger partial charge in [-0.25, -0.2) is 9.97 Å². The molecule has 9 nitrogen and oxygen atoms in total. The summed E-state index contributed by atoms with van der Waals surface area (Å²) in [5.41, 5.74) is 3.20. The monoisotopic (exact) mass is 572 g/mol. The minimum Gasteiger partial charge on any atom is -0.506 e. The summed E-state index contributed by atoms with van der Waals surface area (Å²) in [5.74, 6) is 0.436. The lowest BCUT2D eigenvalue weighted by atomic mass is 10.2. The molecule has 1 saturated heterocycles. The van der Waals surface area contributed by atoms with Crippen molar-refractivity contribution in [1.82, 2.24) is 29.6 Å². The van der Waals surface area contributed by atoms with E-state index in [1.165, 1.54) is 0 Å². The molecule has 0 bridgehead atoms. The van der Waals surface area contributed by atoms with Gasteiger partial charge < -0.3 is 24.7 Å². The molecule has 224 valence electrons. The number of benzene rings is 2. The molecule has 0 atom stereocenters. The lowest BCUT2D eigenvalue weighted by Crippen LogP contribution is -2.39. The number of aromatic hydroxyl groups is 2. The molecule has 9 heteroatoms. The number of likely N-dealkylation sites (N-methyl/N-ethyl adjacent to an activating group) is 2. The molecule has 1 fully saturated rings. The highest BCUT2D eigenvalue weighted by Crippen LogP contribution is 2.24. The van der Waals surface area contributed by atoms with Crippen molar-refractivity contribution in [2.75, 3.05) is 79.7 Å². The van der Waals surface area contributed by atoms with Crippen molar-refractivity contribution in [3.63, 3.8) is 0 Å². The molecule has 3 heterocycles.